The summed E-state index contributed by atoms with van der Waals surface area (Å²) in [5, 5.41) is 4.35. The second kappa shape index (κ2) is 7.26. The van der Waals surface area contributed by atoms with Gasteiger partial charge in [-0.3, -0.25) is 9.48 Å². The number of hydrogen-bond acceptors (Lipinski definition) is 4. The number of halogens is 1. The molecule has 6 heteroatoms. The van der Waals surface area contributed by atoms with E-state index in [4.69, 9.17) is 9.47 Å². The molecule has 0 unspecified atom stereocenters. The molecule has 0 saturated heterocycles. The molecule has 22 heavy (non-hydrogen) atoms. The summed E-state index contributed by atoms with van der Waals surface area (Å²) >= 11 is 3.42. The van der Waals surface area contributed by atoms with Crippen molar-refractivity contribution in [2.24, 2.45) is 0 Å². The average Bonchev–Trinajstić information content (AvgIpc) is 2.92. The van der Waals surface area contributed by atoms with E-state index >= 15 is 0 Å². The number of rotatable bonds is 6. The minimum atomic E-state index is -0.173. The Morgan fingerprint density at radius 3 is 2.73 bits per heavy atom. The molecule has 2 rings (SSSR count). The van der Waals surface area contributed by atoms with Crippen LogP contribution in [0.5, 0.6) is 11.5 Å². The molecule has 0 aliphatic carbocycles. The van der Waals surface area contributed by atoms with Gasteiger partial charge in [-0.05, 0) is 53.2 Å². The van der Waals surface area contributed by atoms with Crippen LogP contribution in [0.15, 0.2) is 34.9 Å². The highest BCUT2D eigenvalue weighted by Crippen LogP contribution is 2.25. The number of methoxy groups -OCH3 is 2. The van der Waals surface area contributed by atoms with Gasteiger partial charge in [-0.2, -0.15) is 5.10 Å². The molecular formula is C16H17BrN2O3. The third kappa shape index (κ3) is 3.57. The lowest BCUT2D eigenvalue weighted by Gasteiger charge is -2.07. The SMILES string of the molecule is CCn1cc(Br)c(/C=C/C(=O)c2cc(OC)ccc2OC)n1. The number of ketones is 1. The third-order valence-electron chi connectivity index (χ3n) is 3.13. The van der Waals surface area contributed by atoms with Crippen LogP contribution in [-0.2, 0) is 6.54 Å². The Morgan fingerprint density at radius 1 is 1.36 bits per heavy atom. The standard InChI is InChI=1S/C16H17BrN2O3/c1-4-19-10-13(17)14(18-19)6-7-15(20)12-9-11(21-2)5-8-16(12)22-3/h5-10H,4H2,1-3H3/b7-6+. The van der Waals surface area contributed by atoms with Crippen molar-refractivity contribution in [2.45, 2.75) is 13.5 Å². The fourth-order valence-corrected chi connectivity index (χ4v) is 2.39. The molecule has 0 N–H and O–H groups in total. The van der Waals surface area contributed by atoms with Crippen LogP contribution in [0.25, 0.3) is 6.08 Å². The van der Waals surface area contributed by atoms with E-state index in [1.165, 1.54) is 13.2 Å². The Hall–Kier alpha value is -2.08. The van der Waals surface area contributed by atoms with Crippen molar-refractivity contribution < 1.29 is 14.3 Å². The fourth-order valence-electron chi connectivity index (χ4n) is 1.94. The van der Waals surface area contributed by atoms with Crippen LogP contribution in [0, 0.1) is 0 Å². The summed E-state index contributed by atoms with van der Waals surface area (Å²) in [5.74, 6) is 0.941. The average molecular weight is 365 g/mol. The smallest absolute Gasteiger partial charge is 0.189 e. The van der Waals surface area contributed by atoms with E-state index in [9.17, 15) is 4.79 Å². The summed E-state index contributed by atoms with van der Waals surface area (Å²) < 4.78 is 13.0. The number of aromatic nitrogens is 2. The van der Waals surface area contributed by atoms with Gasteiger partial charge < -0.3 is 9.47 Å². The minimum Gasteiger partial charge on any atom is -0.497 e. The Labute approximate surface area is 137 Å². The van der Waals surface area contributed by atoms with Crippen molar-refractivity contribution in [3.8, 4) is 11.5 Å². The van der Waals surface area contributed by atoms with Gasteiger partial charge in [-0.25, -0.2) is 0 Å². The monoisotopic (exact) mass is 364 g/mol. The lowest BCUT2D eigenvalue weighted by atomic mass is 10.1. The predicted octanol–water partition coefficient (Wildman–Crippen LogP) is 3.58. The third-order valence-corrected chi connectivity index (χ3v) is 3.74. The Kier molecular flexibility index (Phi) is 5.38. The second-order valence-electron chi connectivity index (χ2n) is 4.48. The van der Waals surface area contributed by atoms with Crippen LogP contribution >= 0.6 is 15.9 Å². The Morgan fingerprint density at radius 2 is 2.14 bits per heavy atom. The van der Waals surface area contributed by atoms with E-state index in [1.54, 1.807) is 36.1 Å². The van der Waals surface area contributed by atoms with Crippen molar-refractivity contribution in [1.82, 2.24) is 9.78 Å². The summed E-state index contributed by atoms with van der Waals surface area (Å²) in [6.45, 7) is 2.77. The zero-order chi connectivity index (χ0) is 16.1. The molecule has 0 saturated carbocycles. The topological polar surface area (TPSA) is 53.4 Å². The van der Waals surface area contributed by atoms with Gasteiger partial charge in [0.05, 0.1) is 29.9 Å². The first kappa shape index (κ1) is 16.3. The van der Waals surface area contributed by atoms with Gasteiger partial charge in [-0.15, -0.1) is 0 Å². The zero-order valence-corrected chi connectivity index (χ0v) is 14.3. The summed E-state index contributed by atoms with van der Waals surface area (Å²) in [7, 11) is 3.09. The van der Waals surface area contributed by atoms with Gasteiger partial charge in [0.25, 0.3) is 0 Å². The van der Waals surface area contributed by atoms with Gasteiger partial charge in [0.2, 0.25) is 0 Å². The van der Waals surface area contributed by atoms with Gasteiger partial charge in [0.15, 0.2) is 5.78 Å². The number of aryl methyl sites for hydroxylation is 1. The molecule has 0 atom stereocenters. The predicted molar refractivity (Wildman–Crippen MR) is 88.5 cm³/mol. The highest BCUT2D eigenvalue weighted by Gasteiger charge is 2.12. The first-order valence-electron chi connectivity index (χ1n) is 6.76. The molecular weight excluding hydrogens is 348 g/mol. The highest BCUT2D eigenvalue weighted by molar-refractivity contribution is 9.10. The lowest BCUT2D eigenvalue weighted by molar-refractivity contribution is 0.104. The molecule has 0 aliphatic heterocycles. The maximum absolute atomic E-state index is 12.4. The van der Waals surface area contributed by atoms with Crippen molar-refractivity contribution in [2.75, 3.05) is 14.2 Å². The van der Waals surface area contributed by atoms with Crippen LogP contribution in [0.1, 0.15) is 23.0 Å². The highest BCUT2D eigenvalue weighted by atomic mass is 79.9. The first-order valence-corrected chi connectivity index (χ1v) is 7.55. The summed E-state index contributed by atoms with van der Waals surface area (Å²) in [6.07, 6.45) is 5.03. The van der Waals surface area contributed by atoms with E-state index < -0.39 is 0 Å². The number of ether oxygens (including phenoxy) is 2. The normalized spacial score (nSPS) is 10.9. The number of hydrogen-bond donors (Lipinski definition) is 0. The quantitative estimate of drug-likeness (QED) is 0.580. The van der Waals surface area contributed by atoms with Crippen molar-refractivity contribution in [1.29, 1.82) is 0 Å². The van der Waals surface area contributed by atoms with Gasteiger partial charge in [0, 0.05) is 12.7 Å². The van der Waals surface area contributed by atoms with Crippen molar-refractivity contribution in [3.05, 3.63) is 46.2 Å². The molecule has 0 amide bonds. The zero-order valence-electron chi connectivity index (χ0n) is 12.7. The number of allylic oxidation sites excluding steroid dienone is 1. The van der Waals surface area contributed by atoms with Crippen LogP contribution in [-0.4, -0.2) is 29.8 Å². The Balaban J connectivity index is 2.28. The van der Waals surface area contributed by atoms with Crippen molar-refractivity contribution >= 4 is 27.8 Å². The number of carbonyl (C=O) groups is 1. The summed E-state index contributed by atoms with van der Waals surface area (Å²) in [6, 6.07) is 5.12. The van der Waals surface area contributed by atoms with E-state index in [-0.39, 0.29) is 5.78 Å². The molecule has 0 aliphatic rings. The summed E-state index contributed by atoms with van der Waals surface area (Å²) in [5.41, 5.74) is 1.15. The first-order chi connectivity index (χ1) is 10.6. The minimum absolute atomic E-state index is 0.173. The summed E-state index contributed by atoms with van der Waals surface area (Å²) in [4.78, 5) is 12.4. The molecule has 1 aromatic carbocycles. The number of nitrogens with zero attached hydrogens (tertiary/aromatic N) is 2. The fraction of sp³-hybridized carbons (Fsp3) is 0.250. The van der Waals surface area contributed by atoms with E-state index in [0.717, 1.165) is 11.0 Å². The van der Waals surface area contributed by atoms with Crippen LogP contribution in [0.4, 0.5) is 0 Å². The van der Waals surface area contributed by atoms with Gasteiger partial charge in [-0.1, -0.05) is 0 Å². The van der Waals surface area contributed by atoms with E-state index in [0.29, 0.717) is 22.8 Å². The molecule has 0 bridgehead atoms. The van der Waals surface area contributed by atoms with Crippen molar-refractivity contribution in [3.63, 3.8) is 0 Å². The largest absolute Gasteiger partial charge is 0.497 e. The molecule has 116 valence electrons. The second-order valence-corrected chi connectivity index (χ2v) is 5.34. The molecule has 5 nitrogen and oxygen atoms in total. The van der Waals surface area contributed by atoms with Crippen LogP contribution in [0.2, 0.25) is 0 Å². The van der Waals surface area contributed by atoms with Crippen LogP contribution < -0.4 is 9.47 Å². The van der Waals surface area contributed by atoms with E-state index in [2.05, 4.69) is 21.0 Å². The lowest BCUT2D eigenvalue weighted by Crippen LogP contribution is -2.00. The molecule has 0 radical (unpaired) electrons. The molecule has 1 aromatic heterocycles. The maximum Gasteiger partial charge on any atom is 0.189 e. The Bertz CT molecular complexity index is 707. The molecule has 2 aromatic rings. The van der Waals surface area contributed by atoms with E-state index in [1.807, 2.05) is 13.1 Å². The molecule has 1 heterocycles. The van der Waals surface area contributed by atoms with Crippen LogP contribution in [0.3, 0.4) is 0 Å². The van der Waals surface area contributed by atoms with Gasteiger partial charge >= 0.3 is 0 Å². The number of benzene rings is 1. The maximum atomic E-state index is 12.4. The molecule has 0 fully saturated rings. The number of carbonyl (C=O) groups excluding carboxylic acids is 1. The van der Waals surface area contributed by atoms with Gasteiger partial charge in [0.1, 0.15) is 11.5 Å². The molecule has 0 spiro atoms.